The Kier molecular flexibility index (Phi) is 12.1. The van der Waals surface area contributed by atoms with Crippen molar-refractivity contribution in [2.24, 2.45) is 0 Å². The molecule has 0 aromatic carbocycles. The molecular formula is C11H22ClFS. The van der Waals surface area contributed by atoms with Crippen LogP contribution in [0.2, 0.25) is 0 Å². The van der Waals surface area contributed by atoms with E-state index in [9.17, 15) is 4.39 Å². The Balaban J connectivity index is 2.98. The van der Waals surface area contributed by atoms with E-state index >= 15 is 0 Å². The van der Waals surface area contributed by atoms with Gasteiger partial charge in [-0.25, -0.2) is 4.39 Å². The lowest BCUT2D eigenvalue weighted by Crippen LogP contribution is -1.96. The molecule has 14 heavy (non-hydrogen) atoms. The average Bonchev–Trinajstić information content (AvgIpc) is 2.17. The zero-order valence-corrected chi connectivity index (χ0v) is 10.7. The molecule has 0 rings (SSSR count). The summed E-state index contributed by atoms with van der Waals surface area (Å²) in [7, 11) is 0. The molecule has 3 heteroatoms. The normalized spacial score (nSPS) is 13.1. The fourth-order valence-corrected chi connectivity index (χ4v) is 2.49. The van der Waals surface area contributed by atoms with Crippen LogP contribution in [0.25, 0.3) is 0 Å². The standard InChI is InChI=1S/C11H22ClFS/c1-2-3-4-5-6-7-10-14-11(13)8-9-12/h11H,2-10H2,1H3. The van der Waals surface area contributed by atoms with Gasteiger partial charge in [0.15, 0.2) is 0 Å². The van der Waals surface area contributed by atoms with Crippen LogP contribution in [0.1, 0.15) is 51.9 Å². The molecule has 0 spiro atoms. The van der Waals surface area contributed by atoms with Crippen molar-refractivity contribution in [2.75, 3.05) is 11.6 Å². The van der Waals surface area contributed by atoms with Gasteiger partial charge in [0.25, 0.3) is 0 Å². The minimum Gasteiger partial charge on any atom is -0.236 e. The summed E-state index contributed by atoms with van der Waals surface area (Å²) in [4.78, 5) is 0. The zero-order valence-electron chi connectivity index (χ0n) is 9.11. The van der Waals surface area contributed by atoms with Crippen molar-refractivity contribution in [1.29, 1.82) is 0 Å². The molecule has 0 N–H and O–H groups in total. The van der Waals surface area contributed by atoms with Crippen LogP contribution in [0, 0.1) is 0 Å². The largest absolute Gasteiger partial charge is 0.236 e. The first kappa shape index (κ1) is 14.6. The maximum Gasteiger partial charge on any atom is 0.147 e. The first-order valence-corrected chi connectivity index (χ1v) is 7.21. The van der Waals surface area contributed by atoms with E-state index in [0.29, 0.717) is 12.3 Å². The minimum absolute atomic E-state index is 0.435. The van der Waals surface area contributed by atoms with Crippen LogP contribution >= 0.6 is 23.4 Å². The van der Waals surface area contributed by atoms with Crippen LogP contribution in [0.3, 0.4) is 0 Å². The summed E-state index contributed by atoms with van der Waals surface area (Å²) >= 11 is 6.85. The number of rotatable bonds is 10. The molecule has 0 nitrogen and oxygen atoms in total. The van der Waals surface area contributed by atoms with Crippen LogP contribution in [-0.4, -0.2) is 17.1 Å². The summed E-state index contributed by atoms with van der Waals surface area (Å²) < 4.78 is 12.9. The van der Waals surface area contributed by atoms with Crippen molar-refractivity contribution < 1.29 is 4.39 Å². The van der Waals surface area contributed by atoms with Gasteiger partial charge in [0, 0.05) is 12.3 Å². The summed E-state index contributed by atoms with van der Waals surface area (Å²) in [6.07, 6.45) is 8.16. The van der Waals surface area contributed by atoms with Gasteiger partial charge in [0.1, 0.15) is 5.50 Å². The van der Waals surface area contributed by atoms with Crippen LogP contribution < -0.4 is 0 Å². The Hall–Kier alpha value is 0.570. The van der Waals surface area contributed by atoms with E-state index < -0.39 is 5.50 Å². The number of hydrogen-bond donors (Lipinski definition) is 0. The molecule has 0 bridgehead atoms. The van der Waals surface area contributed by atoms with Crippen molar-refractivity contribution in [3.05, 3.63) is 0 Å². The zero-order chi connectivity index (χ0) is 10.6. The molecule has 1 atom stereocenters. The monoisotopic (exact) mass is 240 g/mol. The fourth-order valence-electron chi connectivity index (χ4n) is 1.26. The Bertz CT molecular complexity index is 111. The second-order valence-corrected chi connectivity index (χ2v) is 5.16. The first-order chi connectivity index (χ1) is 6.81. The number of alkyl halides is 2. The predicted molar refractivity (Wildman–Crippen MR) is 66.1 cm³/mol. The lowest BCUT2D eigenvalue weighted by molar-refractivity contribution is 0.444. The SMILES string of the molecule is CCCCCCCCSC(F)CCCl. The highest BCUT2D eigenvalue weighted by Crippen LogP contribution is 2.18. The summed E-state index contributed by atoms with van der Waals surface area (Å²) in [5.41, 5.74) is -0.747. The van der Waals surface area contributed by atoms with Crippen LogP contribution in [-0.2, 0) is 0 Å². The summed E-state index contributed by atoms with van der Waals surface area (Å²) in [6, 6.07) is 0. The van der Waals surface area contributed by atoms with Crippen LogP contribution in [0.5, 0.6) is 0 Å². The number of unbranched alkanes of at least 4 members (excludes halogenated alkanes) is 5. The highest BCUT2D eigenvalue weighted by atomic mass is 35.5. The van der Waals surface area contributed by atoms with Crippen molar-refractivity contribution in [3.8, 4) is 0 Å². The second-order valence-electron chi connectivity index (χ2n) is 3.53. The third-order valence-electron chi connectivity index (χ3n) is 2.13. The molecule has 0 aromatic rings. The maximum absolute atomic E-state index is 12.9. The van der Waals surface area contributed by atoms with Gasteiger partial charge in [-0.2, -0.15) is 0 Å². The lowest BCUT2D eigenvalue weighted by atomic mass is 10.1. The topological polar surface area (TPSA) is 0 Å². The third kappa shape index (κ3) is 10.6. The lowest BCUT2D eigenvalue weighted by Gasteiger charge is -2.05. The van der Waals surface area contributed by atoms with Crippen molar-refractivity contribution in [2.45, 2.75) is 57.4 Å². The number of hydrogen-bond acceptors (Lipinski definition) is 1. The van der Waals surface area contributed by atoms with Gasteiger partial charge in [-0.15, -0.1) is 23.4 Å². The smallest absolute Gasteiger partial charge is 0.147 e. The molecule has 0 fully saturated rings. The van der Waals surface area contributed by atoms with Gasteiger partial charge in [-0.05, 0) is 12.2 Å². The van der Waals surface area contributed by atoms with Gasteiger partial charge in [-0.3, -0.25) is 0 Å². The van der Waals surface area contributed by atoms with Crippen molar-refractivity contribution in [1.82, 2.24) is 0 Å². The molecular weight excluding hydrogens is 219 g/mol. The third-order valence-corrected chi connectivity index (χ3v) is 3.47. The van der Waals surface area contributed by atoms with Crippen molar-refractivity contribution >= 4 is 23.4 Å². The highest BCUT2D eigenvalue weighted by Gasteiger charge is 2.04. The van der Waals surface area contributed by atoms with Gasteiger partial charge in [0.2, 0.25) is 0 Å². The Morgan fingerprint density at radius 2 is 1.79 bits per heavy atom. The van der Waals surface area contributed by atoms with Gasteiger partial charge in [-0.1, -0.05) is 39.0 Å². The van der Waals surface area contributed by atoms with Crippen LogP contribution in [0.4, 0.5) is 4.39 Å². The van der Waals surface area contributed by atoms with E-state index in [0.717, 1.165) is 12.2 Å². The van der Waals surface area contributed by atoms with E-state index in [-0.39, 0.29) is 0 Å². The first-order valence-electron chi connectivity index (χ1n) is 5.63. The summed E-state index contributed by atoms with van der Waals surface area (Å²) in [6.45, 7) is 2.22. The van der Waals surface area contributed by atoms with E-state index in [1.54, 1.807) is 0 Å². The molecule has 0 radical (unpaired) electrons. The molecule has 0 aliphatic heterocycles. The van der Waals surface area contributed by atoms with E-state index in [1.165, 1.54) is 43.9 Å². The minimum atomic E-state index is -0.747. The maximum atomic E-state index is 12.9. The van der Waals surface area contributed by atoms with Gasteiger partial charge in [0.05, 0.1) is 0 Å². The fraction of sp³-hybridized carbons (Fsp3) is 1.00. The second kappa shape index (κ2) is 11.6. The Morgan fingerprint density at radius 3 is 2.43 bits per heavy atom. The predicted octanol–water partition coefficient (Wildman–Crippen LogP) is 5.00. The quantitative estimate of drug-likeness (QED) is 0.382. The summed E-state index contributed by atoms with van der Waals surface area (Å²) in [5.74, 6) is 1.38. The Labute approximate surface area is 97.0 Å². The highest BCUT2D eigenvalue weighted by molar-refractivity contribution is 7.99. The van der Waals surface area contributed by atoms with Gasteiger partial charge < -0.3 is 0 Å². The molecule has 86 valence electrons. The van der Waals surface area contributed by atoms with Crippen molar-refractivity contribution in [3.63, 3.8) is 0 Å². The molecule has 0 aromatic heterocycles. The van der Waals surface area contributed by atoms with Crippen LogP contribution in [0.15, 0.2) is 0 Å². The molecule has 0 amide bonds. The number of halogens is 2. The molecule has 0 aliphatic carbocycles. The molecule has 1 unspecified atom stereocenters. The Morgan fingerprint density at radius 1 is 1.14 bits per heavy atom. The van der Waals surface area contributed by atoms with E-state index in [4.69, 9.17) is 11.6 Å². The van der Waals surface area contributed by atoms with E-state index in [1.807, 2.05) is 0 Å². The molecule has 0 saturated carbocycles. The molecule has 0 aliphatic rings. The summed E-state index contributed by atoms with van der Waals surface area (Å²) in [5, 5.41) is 0. The number of thioether (sulfide) groups is 1. The molecule has 0 saturated heterocycles. The average molecular weight is 241 g/mol. The molecule has 0 heterocycles. The van der Waals surface area contributed by atoms with Gasteiger partial charge >= 0.3 is 0 Å². The van der Waals surface area contributed by atoms with E-state index in [2.05, 4.69) is 6.92 Å².